The van der Waals surface area contributed by atoms with Crippen LogP contribution in [0, 0.1) is 0 Å². The molecular weight excluding hydrogens is 1180 g/mol. The van der Waals surface area contributed by atoms with Gasteiger partial charge in [-0.05, 0) is 154 Å². The maximum Gasteiger partial charge on any atom is 0.256 e. The molecule has 0 bridgehead atoms. The first kappa shape index (κ1) is 53.1. The second kappa shape index (κ2) is 21.0. The average Bonchev–Trinajstić information content (AvgIpc) is 0.698. The Bertz CT molecular complexity index is 5690. The maximum absolute atomic E-state index is 7.39. The van der Waals surface area contributed by atoms with E-state index in [1.807, 2.05) is 22.7 Å². The molecule has 16 aromatic rings. The highest BCUT2D eigenvalue weighted by molar-refractivity contribution is 7.27. The topological polar surface area (TPSA) is 25.4 Å². The number of benzene rings is 14. The van der Waals surface area contributed by atoms with Crippen molar-refractivity contribution in [2.45, 2.75) is 0 Å². The van der Waals surface area contributed by atoms with Crippen molar-refractivity contribution in [3.8, 4) is 11.5 Å². The van der Waals surface area contributed by atoms with Gasteiger partial charge in [0.1, 0.15) is 11.5 Å². The molecule has 0 saturated heterocycles. The SMILES string of the molecule is c1ccc(N(c2ccccc2)c2cc3c4c(c2)N(c2cccc5c2sc2ccccc25)c2cc5c(cc2B4c2ccccc2O3)B2c3ccccc3N(c3ccccc3)c3cc(N(c4ccccc4)c4cccc6c4sc4ccccc46)cc(c32)N5c2ccccc2)cc1. The van der Waals surface area contributed by atoms with Crippen molar-refractivity contribution in [1.29, 1.82) is 0 Å². The van der Waals surface area contributed by atoms with Crippen molar-refractivity contribution in [3.63, 3.8) is 0 Å². The lowest BCUT2D eigenvalue weighted by molar-refractivity contribution is 0.487. The van der Waals surface area contributed by atoms with Gasteiger partial charge >= 0.3 is 0 Å². The number of para-hydroxylation sites is 7. The molecule has 0 fully saturated rings. The summed E-state index contributed by atoms with van der Waals surface area (Å²) in [6.07, 6.45) is 0. The Labute approximate surface area is 553 Å². The molecule has 2 aromatic heterocycles. The summed E-state index contributed by atoms with van der Waals surface area (Å²) in [7, 11) is 0. The number of nitrogens with zero attached hydrogens (tertiary/aromatic N) is 5. The van der Waals surface area contributed by atoms with E-state index in [1.165, 1.54) is 62.2 Å². The lowest BCUT2D eigenvalue weighted by Gasteiger charge is -2.46. The molecule has 0 atom stereocenters. The van der Waals surface area contributed by atoms with E-state index in [4.69, 9.17) is 4.74 Å². The van der Waals surface area contributed by atoms with Gasteiger partial charge in [-0.25, -0.2) is 0 Å². The van der Waals surface area contributed by atoms with Gasteiger partial charge in [0, 0.05) is 99.6 Å². The third kappa shape index (κ3) is 7.97. The highest BCUT2D eigenvalue weighted by Crippen LogP contribution is 2.54. The molecule has 0 aliphatic carbocycles. The minimum absolute atomic E-state index is 0.185. The van der Waals surface area contributed by atoms with E-state index in [0.717, 1.165) is 108 Å². The van der Waals surface area contributed by atoms with Crippen molar-refractivity contribution in [1.82, 2.24) is 0 Å². The number of rotatable bonds is 9. The average molecular weight is 1230 g/mol. The predicted molar refractivity (Wildman–Crippen MR) is 401 cm³/mol. The fourth-order valence-corrected chi connectivity index (χ4v) is 18.2. The molecule has 6 nitrogen and oxygen atoms in total. The first-order chi connectivity index (χ1) is 46.7. The summed E-state index contributed by atoms with van der Waals surface area (Å²) in [5.74, 6) is 1.70. The van der Waals surface area contributed by atoms with E-state index in [0.29, 0.717) is 0 Å². The number of hydrogen-bond acceptors (Lipinski definition) is 8. The van der Waals surface area contributed by atoms with Gasteiger partial charge in [-0.1, -0.05) is 194 Å². The third-order valence-corrected chi connectivity index (χ3v) is 22.0. The molecule has 6 heterocycles. The Kier molecular flexibility index (Phi) is 11.9. The Morgan fingerprint density at radius 2 is 0.713 bits per heavy atom. The number of anilines is 15. The summed E-state index contributed by atoms with van der Waals surface area (Å²) in [6, 6.07) is 119. The van der Waals surface area contributed by atoms with E-state index < -0.39 is 0 Å². The molecule has 4 aliphatic rings. The van der Waals surface area contributed by atoms with Gasteiger partial charge in [0.05, 0.1) is 32.1 Å². The molecular formula is C84H53B2N5OS2. The molecule has 0 radical (unpaired) electrons. The van der Waals surface area contributed by atoms with Crippen LogP contribution in [-0.4, -0.2) is 13.4 Å². The second-order valence-electron chi connectivity index (χ2n) is 24.7. The summed E-state index contributed by atoms with van der Waals surface area (Å²) in [4.78, 5) is 12.6. The van der Waals surface area contributed by atoms with Crippen molar-refractivity contribution >= 4 is 195 Å². The lowest BCUT2D eigenvalue weighted by atomic mass is 9.30. The molecule has 20 rings (SSSR count). The van der Waals surface area contributed by atoms with E-state index in [-0.39, 0.29) is 13.4 Å². The fraction of sp³-hybridized carbons (Fsp3) is 0. The normalized spacial score (nSPS) is 13.1. The minimum atomic E-state index is -0.201. The summed E-state index contributed by atoms with van der Waals surface area (Å²) in [6.45, 7) is -0.386. The molecule has 14 aromatic carbocycles. The van der Waals surface area contributed by atoms with E-state index in [2.05, 4.69) is 346 Å². The van der Waals surface area contributed by atoms with Gasteiger partial charge in [-0.15, -0.1) is 22.7 Å². The van der Waals surface area contributed by atoms with E-state index in [9.17, 15) is 0 Å². The second-order valence-corrected chi connectivity index (χ2v) is 26.8. The zero-order valence-corrected chi connectivity index (χ0v) is 52.3. The standard InChI is InChI=1S/C84H53B2N5OS2/c1-6-26-54(27-7-1)87(55-28-8-2-9-29-55)60-50-76-82-78(51-60)92-77-45-21-19-41-66(77)86(82)68-52-67-72(53-73(68)91(76)71-44-25-39-64-62-37-17-23-47-80(62)94-84(64)71)90(58-34-14-5-15-35-58)75-49-59(48-74-81(75)85(67)65-40-18-20-42-69(65)89(74)57-32-12-4-13-33-57)88(56-30-10-3-11-31-56)70-43-24-38-63-61-36-16-22-46-79(61)93-83(63)70/h1-53H. The van der Waals surface area contributed by atoms with Crippen LogP contribution in [0.5, 0.6) is 11.5 Å². The Morgan fingerprint density at radius 1 is 0.266 bits per heavy atom. The fourth-order valence-electron chi connectivity index (χ4n) is 15.8. The van der Waals surface area contributed by atoms with Gasteiger partial charge in [0.25, 0.3) is 13.4 Å². The Morgan fingerprint density at radius 3 is 1.35 bits per heavy atom. The van der Waals surface area contributed by atoms with Crippen LogP contribution in [0.25, 0.3) is 40.3 Å². The summed E-state index contributed by atoms with van der Waals surface area (Å²) >= 11 is 3.74. The van der Waals surface area contributed by atoms with Gasteiger partial charge in [0.15, 0.2) is 0 Å². The molecule has 0 N–H and O–H groups in total. The van der Waals surface area contributed by atoms with Gasteiger partial charge in [-0.2, -0.15) is 0 Å². The van der Waals surface area contributed by atoms with Crippen molar-refractivity contribution in [2.75, 3.05) is 24.5 Å². The third-order valence-electron chi connectivity index (χ3n) is 19.6. The van der Waals surface area contributed by atoms with Crippen LogP contribution in [0.3, 0.4) is 0 Å². The van der Waals surface area contributed by atoms with Gasteiger partial charge < -0.3 is 29.2 Å². The zero-order valence-electron chi connectivity index (χ0n) is 50.7. The first-order valence-corrected chi connectivity index (χ1v) is 33.8. The highest BCUT2D eigenvalue weighted by atomic mass is 32.1. The maximum atomic E-state index is 7.39. The Hall–Kier alpha value is -11.6. The van der Waals surface area contributed by atoms with Crippen LogP contribution >= 0.6 is 22.7 Å². The van der Waals surface area contributed by atoms with Crippen molar-refractivity contribution < 1.29 is 4.74 Å². The van der Waals surface area contributed by atoms with Gasteiger partial charge in [0.2, 0.25) is 0 Å². The molecule has 0 spiro atoms. The molecule has 438 valence electrons. The van der Waals surface area contributed by atoms with Crippen LogP contribution in [-0.2, 0) is 0 Å². The minimum Gasteiger partial charge on any atom is -0.458 e. The number of fused-ring (bicyclic) bond motifs is 14. The largest absolute Gasteiger partial charge is 0.458 e. The van der Waals surface area contributed by atoms with E-state index in [1.54, 1.807) is 0 Å². The molecule has 4 aliphatic heterocycles. The predicted octanol–water partition coefficient (Wildman–Crippen LogP) is 19.8. The molecule has 94 heavy (non-hydrogen) atoms. The highest BCUT2D eigenvalue weighted by Gasteiger charge is 2.49. The summed E-state index contributed by atoms with van der Waals surface area (Å²) in [5, 5.41) is 5.01. The van der Waals surface area contributed by atoms with Crippen molar-refractivity contribution in [2.24, 2.45) is 0 Å². The number of hydrogen-bond donors (Lipinski definition) is 0. The summed E-state index contributed by atoms with van der Waals surface area (Å²) in [5.41, 5.74) is 23.6. The van der Waals surface area contributed by atoms with Crippen LogP contribution in [0.15, 0.2) is 322 Å². The van der Waals surface area contributed by atoms with Crippen LogP contribution in [0.2, 0.25) is 0 Å². The smallest absolute Gasteiger partial charge is 0.256 e. The molecule has 10 heteroatoms. The molecule has 0 unspecified atom stereocenters. The zero-order chi connectivity index (χ0) is 61.5. The van der Waals surface area contributed by atoms with Gasteiger partial charge in [-0.3, -0.25) is 0 Å². The van der Waals surface area contributed by atoms with E-state index >= 15 is 0 Å². The quantitative estimate of drug-likeness (QED) is 0.134. The lowest BCUT2D eigenvalue weighted by Crippen LogP contribution is -2.64. The molecule has 0 saturated carbocycles. The van der Waals surface area contributed by atoms with Crippen molar-refractivity contribution in [3.05, 3.63) is 322 Å². The number of ether oxygens (including phenoxy) is 1. The molecule has 0 amide bonds. The van der Waals surface area contributed by atoms with Crippen LogP contribution in [0.4, 0.5) is 85.3 Å². The summed E-state index contributed by atoms with van der Waals surface area (Å²) < 4.78 is 12.4. The first-order valence-electron chi connectivity index (χ1n) is 32.1. The van der Waals surface area contributed by atoms with Crippen LogP contribution in [0.1, 0.15) is 0 Å². The van der Waals surface area contributed by atoms with Crippen LogP contribution < -0.4 is 62.0 Å². The monoisotopic (exact) mass is 1230 g/mol. The Balaban J connectivity index is 0.912. The number of thiophene rings is 2.